The van der Waals surface area contributed by atoms with Crippen molar-refractivity contribution in [1.29, 1.82) is 0 Å². The van der Waals surface area contributed by atoms with Gasteiger partial charge in [-0.25, -0.2) is 4.98 Å². The Hall–Kier alpha value is -3.81. The smallest absolute Gasteiger partial charge is 0.260 e. The summed E-state index contributed by atoms with van der Waals surface area (Å²) in [6.45, 7) is 6.54. The van der Waals surface area contributed by atoms with Crippen molar-refractivity contribution in [3.8, 4) is 11.5 Å². The van der Waals surface area contributed by atoms with Gasteiger partial charge in [0, 0.05) is 49.7 Å². The summed E-state index contributed by atoms with van der Waals surface area (Å²) in [4.78, 5) is 25.9. The predicted octanol–water partition coefficient (Wildman–Crippen LogP) is 3.57. The summed E-state index contributed by atoms with van der Waals surface area (Å²) in [5.74, 6) is 2.70. The van der Waals surface area contributed by atoms with Gasteiger partial charge in [0.25, 0.3) is 5.91 Å². The van der Waals surface area contributed by atoms with E-state index < -0.39 is 0 Å². The van der Waals surface area contributed by atoms with Crippen LogP contribution in [-0.4, -0.2) is 60.7 Å². The molecule has 0 saturated carbocycles. The molecular weight excluding hydrogens is 418 g/mol. The van der Waals surface area contributed by atoms with Crippen molar-refractivity contribution < 1.29 is 14.3 Å². The minimum Gasteiger partial charge on any atom is -0.497 e. The predicted molar refractivity (Wildman–Crippen MR) is 129 cm³/mol. The van der Waals surface area contributed by atoms with Gasteiger partial charge in [-0.3, -0.25) is 4.79 Å². The van der Waals surface area contributed by atoms with Crippen molar-refractivity contribution in [2.45, 2.75) is 13.8 Å². The molecule has 0 aliphatic carbocycles. The number of aryl methyl sites for hydroxylation is 2. The summed E-state index contributed by atoms with van der Waals surface area (Å²) in [5.41, 5.74) is 3.08. The third-order valence-corrected chi connectivity index (χ3v) is 5.49. The third-order valence-electron chi connectivity index (χ3n) is 5.49. The largest absolute Gasteiger partial charge is 0.497 e. The Balaban J connectivity index is 1.32. The molecule has 8 nitrogen and oxygen atoms in total. The summed E-state index contributed by atoms with van der Waals surface area (Å²) in [5, 5.41) is 3.35. The lowest BCUT2D eigenvalue weighted by Gasteiger charge is -2.34. The second-order valence-corrected chi connectivity index (χ2v) is 8.02. The number of carbonyl (C=O) groups is 1. The molecule has 1 aliphatic heterocycles. The highest BCUT2D eigenvalue weighted by Crippen LogP contribution is 2.21. The van der Waals surface area contributed by atoms with Crippen LogP contribution in [0.3, 0.4) is 0 Å². The molecule has 1 aliphatic rings. The lowest BCUT2D eigenvalue weighted by Crippen LogP contribution is -2.50. The molecule has 1 aromatic heterocycles. The van der Waals surface area contributed by atoms with Crippen molar-refractivity contribution in [3.05, 3.63) is 65.9 Å². The second-order valence-electron chi connectivity index (χ2n) is 8.02. The van der Waals surface area contributed by atoms with E-state index in [1.165, 1.54) is 5.56 Å². The lowest BCUT2D eigenvalue weighted by atomic mass is 10.2. The van der Waals surface area contributed by atoms with Gasteiger partial charge >= 0.3 is 0 Å². The van der Waals surface area contributed by atoms with Crippen LogP contribution in [-0.2, 0) is 4.79 Å². The lowest BCUT2D eigenvalue weighted by molar-refractivity contribution is -0.133. The molecule has 33 heavy (non-hydrogen) atoms. The van der Waals surface area contributed by atoms with E-state index in [1.54, 1.807) is 13.2 Å². The first kappa shape index (κ1) is 22.4. The fraction of sp³-hybridized carbons (Fsp3) is 0.320. The van der Waals surface area contributed by atoms with Crippen molar-refractivity contribution in [2.75, 3.05) is 50.1 Å². The van der Waals surface area contributed by atoms with Crippen LogP contribution >= 0.6 is 0 Å². The van der Waals surface area contributed by atoms with E-state index in [2.05, 4.69) is 34.3 Å². The Morgan fingerprint density at radius 1 is 0.970 bits per heavy atom. The van der Waals surface area contributed by atoms with E-state index in [-0.39, 0.29) is 12.5 Å². The number of hydrogen-bond acceptors (Lipinski definition) is 7. The number of anilines is 3. The number of benzene rings is 2. The highest BCUT2D eigenvalue weighted by Gasteiger charge is 2.23. The Bertz CT molecular complexity index is 1100. The van der Waals surface area contributed by atoms with Gasteiger partial charge in [-0.2, -0.15) is 4.98 Å². The minimum atomic E-state index is -0.0376. The van der Waals surface area contributed by atoms with E-state index in [1.807, 2.05) is 48.2 Å². The number of nitrogens with one attached hydrogen (secondary N) is 1. The van der Waals surface area contributed by atoms with Gasteiger partial charge in [-0.15, -0.1) is 0 Å². The van der Waals surface area contributed by atoms with Crippen molar-refractivity contribution in [3.63, 3.8) is 0 Å². The van der Waals surface area contributed by atoms with Crippen LogP contribution in [0.5, 0.6) is 11.5 Å². The number of carbonyl (C=O) groups excluding carboxylic acids is 1. The van der Waals surface area contributed by atoms with Gasteiger partial charge in [0.1, 0.15) is 17.3 Å². The first-order valence-corrected chi connectivity index (χ1v) is 11.0. The van der Waals surface area contributed by atoms with Crippen LogP contribution in [0.15, 0.2) is 54.6 Å². The molecule has 2 heterocycles. The maximum atomic E-state index is 12.6. The maximum Gasteiger partial charge on any atom is 0.260 e. The van der Waals surface area contributed by atoms with Crippen LogP contribution < -0.4 is 19.7 Å². The van der Waals surface area contributed by atoms with Crippen LogP contribution in [0.4, 0.5) is 17.5 Å². The molecule has 0 bridgehead atoms. The Labute approximate surface area is 194 Å². The number of ether oxygens (including phenoxy) is 2. The van der Waals surface area contributed by atoms with Crippen LogP contribution in [0.2, 0.25) is 0 Å². The molecule has 1 amide bonds. The molecular formula is C25H29N5O3. The van der Waals surface area contributed by atoms with Crippen LogP contribution in [0.25, 0.3) is 0 Å². The number of methoxy groups -OCH3 is 1. The average Bonchev–Trinajstić information content (AvgIpc) is 2.84. The van der Waals surface area contributed by atoms with E-state index in [0.717, 1.165) is 17.2 Å². The summed E-state index contributed by atoms with van der Waals surface area (Å²) in [6.07, 6.45) is 0. The topological polar surface area (TPSA) is 79.8 Å². The molecule has 2 aromatic carbocycles. The average molecular weight is 448 g/mol. The molecule has 0 radical (unpaired) electrons. The van der Waals surface area contributed by atoms with Crippen molar-refractivity contribution in [1.82, 2.24) is 14.9 Å². The van der Waals surface area contributed by atoms with E-state index >= 15 is 0 Å². The fourth-order valence-corrected chi connectivity index (χ4v) is 3.63. The Kier molecular flexibility index (Phi) is 6.92. The zero-order chi connectivity index (χ0) is 23.2. The molecule has 8 heteroatoms. The number of hydrogen-bond donors (Lipinski definition) is 1. The number of nitrogens with zero attached hydrogens (tertiary/aromatic N) is 4. The zero-order valence-electron chi connectivity index (χ0n) is 19.2. The van der Waals surface area contributed by atoms with Crippen LogP contribution in [0.1, 0.15) is 11.3 Å². The van der Waals surface area contributed by atoms with Gasteiger partial charge in [0.05, 0.1) is 7.11 Å². The summed E-state index contributed by atoms with van der Waals surface area (Å²) < 4.78 is 10.8. The fourth-order valence-electron chi connectivity index (χ4n) is 3.63. The molecule has 0 atom stereocenters. The highest BCUT2D eigenvalue weighted by molar-refractivity contribution is 5.78. The molecule has 0 spiro atoms. The summed E-state index contributed by atoms with van der Waals surface area (Å²) >= 11 is 0. The van der Waals surface area contributed by atoms with Crippen molar-refractivity contribution >= 4 is 23.4 Å². The first-order chi connectivity index (χ1) is 16.0. The SMILES string of the molecule is COc1cccc(OCC(=O)N2CCN(c3nc(C)cc(Nc4ccc(C)cc4)n3)CC2)c1. The standard InChI is InChI=1S/C25H29N5O3/c1-18-7-9-20(10-8-18)27-23-15-19(2)26-25(28-23)30-13-11-29(12-14-30)24(31)17-33-22-6-4-5-21(16-22)32-3/h4-10,15-16H,11-14,17H2,1-3H3,(H,26,27,28). The number of rotatable bonds is 7. The molecule has 1 fully saturated rings. The van der Waals surface area contributed by atoms with E-state index in [0.29, 0.717) is 43.6 Å². The molecule has 0 unspecified atom stereocenters. The van der Waals surface area contributed by atoms with E-state index in [9.17, 15) is 4.79 Å². The minimum absolute atomic E-state index is 0.00126. The molecule has 172 valence electrons. The van der Waals surface area contributed by atoms with Gasteiger partial charge in [0.15, 0.2) is 6.61 Å². The van der Waals surface area contributed by atoms with E-state index in [4.69, 9.17) is 14.5 Å². The normalized spacial score (nSPS) is 13.5. The van der Waals surface area contributed by atoms with Gasteiger partial charge in [-0.05, 0) is 38.1 Å². The molecule has 1 saturated heterocycles. The number of amides is 1. The molecule has 3 aromatic rings. The van der Waals surface area contributed by atoms with Gasteiger partial charge in [0.2, 0.25) is 5.95 Å². The Morgan fingerprint density at radius 2 is 1.70 bits per heavy atom. The molecule has 1 N–H and O–H groups in total. The van der Waals surface area contributed by atoms with Gasteiger partial charge in [-0.1, -0.05) is 23.8 Å². The summed E-state index contributed by atoms with van der Waals surface area (Å²) in [7, 11) is 1.60. The maximum absolute atomic E-state index is 12.6. The Morgan fingerprint density at radius 3 is 2.42 bits per heavy atom. The zero-order valence-corrected chi connectivity index (χ0v) is 19.2. The quantitative estimate of drug-likeness (QED) is 0.593. The van der Waals surface area contributed by atoms with Crippen LogP contribution in [0, 0.1) is 13.8 Å². The van der Waals surface area contributed by atoms with Gasteiger partial charge < -0.3 is 24.6 Å². The molecule has 4 rings (SSSR count). The first-order valence-electron chi connectivity index (χ1n) is 11.0. The second kappa shape index (κ2) is 10.2. The number of aromatic nitrogens is 2. The third kappa shape index (κ3) is 5.91. The highest BCUT2D eigenvalue weighted by atomic mass is 16.5. The summed E-state index contributed by atoms with van der Waals surface area (Å²) in [6, 6.07) is 17.4. The monoisotopic (exact) mass is 447 g/mol. The number of piperazine rings is 1. The van der Waals surface area contributed by atoms with Crippen molar-refractivity contribution in [2.24, 2.45) is 0 Å².